The summed E-state index contributed by atoms with van der Waals surface area (Å²) in [6.45, 7) is 1.49. The largest absolute Gasteiger partial charge is 0.495 e. The summed E-state index contributed by atoms with van der Waals surface area (Å²) in [5.41, 5.74) is 1.17. The lowest BCUT2D eigenvalue weighted by molar-refractivity contribution is -0.139. The van der Waals surface area contributed by atoms with E-state index in [1.54, 1.807) is 30.7 Å². The maximum Gasteiger partial charge on any atom is 0.331 e. The number of amides is 1. The standard InChI is InChI=1S/C20H18N2O4S2/c1-14(23)22(17-7-3-4-8-18(17)25-2)20-21-15(13-28-20)12-26-19(24)10-9-16-6-5-11-27-16/h3-11,13H,12H2,1-2H3/b10-9+. The Labute approximate surface area is 170 Å². The summed E-state index contributed by atoms with van der Waals surface area (Å²) in [6.07, 6.45) is 3.09. The van der Waals surface area contributed by atoms with E-state index in [9.17, 15) is 9.59 Å². The number of thiophene rings is 1. The van der Waals surface area contributed by atoms with Crippen molar-refractivity contribution >= 4 is 51.4 Å². The Bertz CT molecular complexity index is 980. The number of nitrogens with zero attached hydrogens (tertiary/aromatic N) is 2. The van der Waals surface area contributed by atoms with Gasteiger partial charge in [0.15, 0.2) is 5.13 Å². The van der Waals surface area contributed by atoms with Gasteiger partial charge in [-0.1, -0.05) is 18.2 Å². The molecule has 3 rings (SSSR count). The molecule has 0 aliphatic rings. The van der Waals surface area contributed by atoms with Gasteiger partial charge < -0.3 is 9.47 Å². The third-order valence-corrected chi connectivity index (χ3v) is 5.37. The SMILES string of the molecule is COc1ccccc1N(C(C)=O)c1nc(COC(=O)/C=C/c2cccs2)cs1. The van der Waals surface area contributed by atoms with E-state index in [2.05, 4.69) is 4.98 Å². The van der Waals surface area contributed by atoms with Gasteiger partial charge in [0.1, 0.15) is 12.4 Å². The second-order valence-electron chi connectivity index (χ2n) is 5.60. The number of rotatable bonds is 7. The molecule has 144 valence electrons. The van der Waals surface area contributed by atoms with Crippen molar-refractivity contribution in [3.05, 3.63) is 63.8 Å². The van der Waals surface area contributed by atoms with E-state index in [-0.39, 0.29) is 12.5 Å². The quantitative estimate of drug-likeness (QED) is 0.416. The van der Waals surface area contributed by atoms with E-state index in [1.165, 1.54) is 40.6 Å². The number of esters is 1. The normalized spacial score (nSPS) is 10.8. The highest BCUT2D eigenvalue weighted by Gasteiger charge is 2.21. The number of benzene rings is 1. The molecule has 0 N–H and O–H groups in total. The van der Waals surface area contributed by atoms with Crippen LogP contribution in [0.5, 0.6) is 5.75 Å². The lowest BCUT2D eigenvalue weighted by atomic mass is 10.2. The Morgan fingerprint density at radius 2 is 2.00 bits per heavy atom. The fourth-order valence-electron chi connectivity index (χ4n) is 2.42. The van der Waals surface area contributed by atoms with E-state index in [4.69, 9.17) is 9.47 Å². The summed E-state index contributed by atoms with van der Waals surface area (Å²) in [6, 6.07) is 11.0. The first-order valence-corrected chi connectivity index (χ1v) is 10.1. The molecule has 0 atom stereocenters. The minimum atomic E-state index is -0.448. The van der Waals surface area contributed by atoms with Crippen molar-refractivity contribution in [3.63, 3.8) is 0 Å². The predicted octanol–water partition coefficient (Wildman–Crippen LogP) is 4.65. The van der Waals surface area contributed by atoms with Crippen LogP contribution in [0, 0.1) is 0 Å². The molecule has 6 nitrogen and oxygen atoms in total. The van der Waals surface area contributed by atoms with E-state index >= 15 is 0 Å². The van der Waals surface area contributed by atoms with Gasteiger partial charge in [0.25, 0.3) is 0 Å². The fraction of sp³-hybridized carbons (Fsp3) is 0.150. The van der Waals surface area contributed by atoms with E-state index in [1.807, 2.05) is 29.6 Å². The van der Waals surface area contributed by atoms with E-state index < -0.39 is 5.97 Å². The molecular formula is C20H18N2O4S2. The first-order chi connectivity index (χ1) is 13.6. The summed E-state index contributed by atoms with van der Waals surface area (Å²) in [7, 11) is 1.55. The third kappa shape index (κ3) is 4.85. The van der Waals surface area contributed by atoms with Crippen LogP contribution in [0.25, 0.3) is 6.08 Å². The number of aromatic nitrogens is 1. The topological polar surface area (TPSA) is 68.7 Å². The summed E-state index contributed by atoms with van der Waals surface area (Å²) >= 11 is 2.83. The Morgan fingerprint density at radius 1 is 1.18 bits per heavy atom. The molecule has 2 heterocycles. The predicted molar refractivity (Wildman–Crippen MR) is 111 cm³/mol. The molecule has 0 fully saturated rings. The molecule has 8 heteroatoms. The van der Waals surface area contributed by atoms with Gasteiger partial charge in [-0.25, -0.2) is 9.78 Å². The van der Waals surface area contributed by atoms with Gasteiger partial charge in [-0.3, -0.25) is 9.69 Å². The van der Waals surface area contributed by atoms with Crippen molar-refractivity contribution in [2.24, 2.45) is 0 Å². The highest BCUT2D eigenvalue weighted by Crippen LogP contribution is 2.35. The van der Waals surface area contributed by atoms with Crippen LogP contribution in [0.3, 0.4) is 0 Å². The van der Waals surface area contributed by atoms with Crippen molar-refractivity contribution in [2.45, 2.75) is 13.5 Å². The maximum atomic E-state index is 12.2. The molecule has 0 unspecified atom stereocenters. The first-order valence-electron chi connectivity index (χ1n) is 8.35. The molecule has 1 amide bonds. The van der Waals surface area contributed by atoms with Crippen molar-refractivity contribution < 1.29 is 19.1 Å². The summed E-state index contributed by atoms with van der Waals surface area (Å²) in [5.74, 6) is -0.0722. The zero-order chi connectivity index (χ0) is 19.9. The van der Waals surface area contributed by atoms with Crippen LogP contribution in [0.4, 0.5) is 10.8 Å². The molecule has 0 spiro atoms. The van der Waals surface area contributed by atoms with E-state index in [0.717, 1.165) is 4.88 Å². The minimum Gasteiger partial charge on any atom is -0.495 e. The smallest absolute Gasteiger partial charge is 0.331 e. The van der Waals surface area contributed by atoms with Crippen LogP contribution in [0.2, 0.25) is 0 Å². The second-order valence-corrected chi connectivity index (χ2v) is 7.42. The highest BCUT2D eigenvalue weighted by molar-refractivity contribution is 7.14. The van der Waals surface area contributed by atoms with Crippen LogP contribution in [-0.2, 0) is 20.9 Å². The van der Waals surface area contributed by atoms with Crippen LogP contribution in [-0.4, -0.2) is 24.0 Å². The minimum absolute atomic E-state index is 0.0295. The lowest BCUT2D eigenvalue weighted by Crippen LogP contribution is -2.23. The molecule has 28 heavy (non-hydrogen) atoms. The molecule has 0 aliphatic heterocycles. The fourth-order valence-corrected chi connectivity index (χ4v) is 3.90. The first kappa shape index (κ1) is 19.8. The summed E-state index contributed by atoms with van der Waals surface area (Å²) in [4.78, 5) is 31.0. The van der Waals surface area contributed by atoms with Gasteiger partial charge in [-0.15, -0.1) is 22.7 Å². The Balaban J connectivity index is 1.69. The van der Waals surface area contributed by atoms with Crippen LogP contribution in [0.1, 0.15) is 17.5 Å². The molecule has 1 aromatic carbocycles. The monoisotopic (exact) mass is 414 g/mol. The third-order valence-electron chi connectivity index (χ3n) is 3.66. The van der Waals surface area contributed by atoms with Gasteiger partial charge in [0.2, 0.25) is 5.91 Å². The van der Waals surface area contributed by atoms with Crippen molar-refractivity contribution in [3.8, 4) is 5.75 Å². The molecule has 0 aliphatic carbocycles. The number of hydrogen-bond donors (Lipinski definition) is 0. The molecule has 3 aromatic rings. The highest BCUT2D eigenvalue weighted by atomic mass is 32.1. The zero-order valence-corrected chi connectivity index (χ0v) is 17.0. The summed E-state index contributed by atoms with van der Waals surface area (Å²) in [5, 5.41) is 4.18. The lowest BCUT2D eigenvalue weighted by Gasteiger charge is -2.20. The number of ether oxygens (including phenoxy) is 2. The maximum absolute atomic E-state index is 12.2. The van der Waals surface area contributed by atoms with Crippen molar-refractivity contribution in [2.75, 3.05) is 12.0 Å². The van der Waals surface area contributed by atoms with Gasteiger partial charge in [-0.2, -0.15) is 0 Å². The van der Waals surface area contributed by atoms with Gasteiger partial charge in [0, 0.05) is 23.3 Å². The second kappa shape index (κ2) is 9.29. The average molecular weight is 415 g/mol. The van der Waals surface area contributed by atoms with Crippen molar-refractivity contribution in [1.29, 1.82) is 0 Å². The van der Waals surface area contributed by atoms with Gasteiger partial charge in [-0.05, 0) is 29.7 Å². The number of carbonyl (C=O) groups is 2. The van der Waals surface area contributed by atoms with Gasteiger partial charge in [0.05, 0.1) is 18.5 Å². The number of methoxy groups -OCH3 is 1. The molecule has 0 radical (unpaired) electrons. The molecule has 0 bridgehead atoms. The molecular weight excluding hydrogens is 396 g/mol. The van der Waals surface area contributed by atoms with Crippen LogP contribution >= 0.6 is 22.7 Å². The average Bonchev–Trinajstić information content (AvgIpc) is 3.37. The zero-order valence-electron chi connectivity index (χ0n) is 15.3. The molecule has 0 saturated carbocycles. The summed E-state index contributed by atoms with van der Waals surface area (Å²) < 4.78 is 10.6. The Kier molecular flexibility index (Phi) is 6.57. The number of carbonyl (C=O) groups excluding carboxylic acids is 2. The number of para-hydroxylation sites is 2. The number of thiazole rings is 1. The molecule has 0 saturated heterocycles. The van der Waals surface area contributed by atoms with Crippen LogP contribution < -0.4 is 9.64 Å². The molecule has 2 aromatic heterocycles. The van der Waals surface area contributed by atoms with Gasteiger partial charge >= 0.3 is 5.97 Å². The Morgan fingerprint density at radius 3 is 2.71 bits per heavy atom. The number of anilines is 2. The van der Waals surface area contributed by atoms with Crippen molar-refractivity contribution in [1.82, 2.24) is 4.98 Å². The Hall–Kier alpha value is -2.97. The van der Waals surface area contributed by atoms with Crippen LogP contribution in [0.15, 0.2) is 53.2 Å². The van der Waals surface area contributed by atoms with E-state index in [0.29, 0.717) is 22.3 Å². The number of hydrogen-bond acceptors (Lipinski definition) is 7.